The van der Waals surface area contributed by atoms with E-state index in [4.69, 9.17) is 0 Å². The van der Waals surface area contributed by atoms with Gasteiger partial charge in [-0.1, -0.05) is 40.7 Å². The smallest absolute Gasteiger partial charge is 0.0273 e. The first-order valence-electron chi connectivity index (χ1n) is 7.18. The normalized spacial score (nSPS) is 28.9. The molecule has 18 heavy (non-hydrogen) atoms. The van der Waals surface area contributed by atoms with Crippen LogP contribution in [0.4, 0.5) is 0 Å². The summed E-state index contributed by atoms with van der Waals surface area (Å²) in [6.45, 7) is 11.1. The Morgan fingerprint density at radius 3 is 2.17 bits per heavy atom. The first-order chi connectivity index (χ1) is 8.57. The summed E-state index contributed by atoms with van der Waals surface area (Å²) in [5, 5.41) is 0. The molecule has 2 aliphatic rings. The van der Waals surface area contributed by atoms with Crippen LogP contribution in [-0.4, -0.2) is 4.98 Å². The quantitative estimate of drug-likeness (QED) is 0.690. The van der Waals surface area contributed by atoms with Crippen LogP contribution in [0.15, 0.2) is 30.6 Å². The molecule has 1 aromatic rings. The van der Waals surface area contributed by atoms with Crippen molar-refractivity contribution in [1.29, 1.82) is 0 Å². The molecule has 98 valence electrons. The van der Waals surface area contributed by atoms with Crippen molar-refractivity contribution in [3.63, 3.8) is 0 Å². The van der Waals surface area contributed by atoms with Gasteiger partial charge in [-0.3, -0.25) is 4.98 Å². The number of pyridine rings is 1. The van der Waals surface area contributed by atoms with Crippen molar-refractivity contribution in [3.05, 3.63) is 36.2 Å². The molecule has 0 aromatic carbocycles. The van der Waals surface area contributed by atoms with Gasteiger partial charge in [0.25, 0.3) is 0 Å². The summed E-state index contributed by atoms with van der Waals surface area (Å²) in [5.41, 5.74) is 3.39. The van der Waals surface area contributed by atoms with Gasteiger partial charge in [-0.25, -0.2) is 0 Å². The number of allylic oxidation sites excluding steroid dienone is 2. The van der Waals surface area contributed by atoms with Crippen LogP contribution < -0.4 is 0 Å². The average Bonchev–Trinajstić information content (AvgIpc) is 2.91. The van der Waals surface area contributed by atoms with E-state index in [1.165, 1.54) is 17.6 Å². The summed E-state index contributed by atoms with van der Waals surface area (Å²) < 4.78 is 0. The third-order valence-corrected chi connectivity index (χ3v) is 4.13. The molecule has 1 heteroatoms. The third-order valence-electron chi connectivity index (χ3n) is 4.13. The number of fused-ring (bicyclic) bond motifs is 1. The Kier molecular flexibility index (Phi) is 3.61. The van der Waals surface area contributed by atoms with Crippen LogP contribution >= 0.6 is 0 Å². The van der Waals surface area contributed by atoms with Crippen molar-refractivity contribution in [1.82, 2.24) is 4.98 Å². The summed E-state index contributed by atoms with van der Waals surface area (Å²) in [4.78, 5) is 4.07. The van der Waals surface area contributed by atoms with Crippen LogP contribution in [0.25, 0.3) is 5.57 Å². The average molecular weight is 243 g/mol. The zero-order valence-corrected chi connectivity index (χ0v) is 12.3. The molecule has 0 radical (unpaired) electrons. The first kappa shape index (κ1) is 13.3. The fraction of sp³-hybridized carbons (Fsp3) is 0.588. The van der Waals surface area contributed by atoms with Crippen LogP contribution in [0, 0.1) is 23.2 Å². The maximum absolute atomic E-state index is 4.07. The maximum atomic E-state index is 4.07. The van der Waals surface area contributed by atoms with Gasteiger partial charge in [-0.2, -0.15) is 0 Å². The molecule has 0 spiro atoms. The fourth-order valence-electron chi connectivity index (χ4n) is 3.44. The topological polar surface area (TPSA) is 12.9 Å². The Hall–Kier alpha value is -1.11. The lowest BCUT2D eigenvalue weighted by Gasteiger charge is -2.20. The van der Waals surface area contributed by atoms with E-state index in [0.717, 1.165) is 17.8 Å². The number of aromatic nitrogens is 1. The van der Waals surface area contributed by atoms with Gasteiger partial charge >= 0.3 is 0 Å². The lowest BCUT2D eigenvalue weighted by Crippen LogP contribution is -2.11. The second kappa shape index (κ2) is 4.87. The van der Waals surface area contributed by atoms with Crippen molar-refractivity contribution >= 4 is 5.57 Å². The molecule has 0 bridgehead atoms. The van der Waals surface area contributed by atoms with Crippen LogP contribution in [0.3, 0.4) is 0 Å². The number of rotatable bonds is 1. The second-order valence-electron chi connectivity index (χ2n) is 6.26. The monoisotopic (exact) mass is 243 g/mol. The minimum Gasteiger partial charge on any atom is -0.265 e. The van der Waals surface area contributed by atoms with E-state index >= 15 is 0 Å². The molecule has 1 aromatic heterocycles. The van der Waals surface area contributed by atoms with E-state index in [9.17, 15) is 0 Å². The molecule has 1 fully saturated rings. The zero-order valence-electron chi connectivity index (χ0n) is 12.3. The van der Waals surface area contributed by atoms with Gasteiger partial charge in [-0.05, 0) is 52.9 Å². The second-order valence-corrected chi connectivity index (χ2v) is 6.26. The van der Waals surface area contributed by atoms with Crippen LogP contribution in [-0.2, 0) is 0 Å². The highest BCUT2D eigenvalue weighted by molar-refractivity contribution is 5.69. The van der Waals surface area contributed by atoms with Crippen molar-refractivity contribution < 1.29 is 0 Å². The molecule has 1 saturated carbocycles. The molecular weight excluding hydrogens is 218 g/mol. The molecule has 1 heterocycles. The van der Waals surface area contributed by atoms with Gasteiger partial charge in [0, 0.05) is 12.4 Å². The zero-order chi connectivity index (χ0) is 13.3. The van der Waals surface area contributed by atoms with E-state index in [0.29, 0.717) is 5.41 Å². The van der Waals surface area contributed by atoms with Crippen LogP contribution in [0.5, 0.6) is 0 Å². The Labute approximate surface area is 111 Å². The van der Waals surface area contributed by atoms with Crippen LogP contribution in [0.1, 0.15) is 46.6 Å². The number of nitrogens with zero attached hydrogens (tertiary/aromatic N) is 1. The maximum Gasteiger partial charge on any atom is 0.0273 e. The van der Waals surface area contributed by atoms with E-state index in [1.54, 1.807) is 0 Å². The van der Waals surface area contributed by atoms with Crippen molar-refractivity contribution in [2.45, 2.75) is 41.0 Å². The molecule has 0 aliphatic heterocycles. The fourth-order valence-corrected chi connectivity index (χ4v) is 3.44. The summed E-state index contributed by atoms with van der Waals surface area (Å²) in [6, 6.07) is 4.26. The molecule has 0 N–H and O–H groups in total. The third kappa shape index (κ3) is 2.36. The highest BCUT2D eigenvalue weighted by Crippen LogP contribution is 2.64. The predicted octanol–water partition coefficient (Wildman–Crippen LogP) is 4.80. The molecule has 3 rings (SSSR count). The Bertz CT molecular complexity index is 425. The lowest BCUT2D eigenvalue weighted by atomic mass is 9.85. The molecule has 0 amide bonds. The molecule has 3 unspecified atom stereocenters. The van der Waals surface area contributed by atoms with Gasteiger partial charge in [-0.15, -0.1) is 0 Å². The summed E-state index contributed by atoms with van der Waals surface area (Å²) in [5.74, 6) is 2.68. The lowest BCUT2D eigenvalue weighted by molar-refractivity contribution is 0.322. The van der Waals surface area contributed by atoms with Crippen molar-refractivity contribution in [3.8, 4) is 0 Å². The number of hydrogen-bond acceptors (Lipinski definition) is 1. The predicted molar refractivity (Wildman–Crippen MR) is 78.1 cm³/mol. The minimum atomic E-state index is 0.482. The van der Waals surface area contributed by atoms with E-state index in [-0.39, 0.29) is 0 Å². The molecule has 3 atom stereocenters. The highest BCUT2D eigenvalue weighted by atomic mass is 14.6. The largest absolute Gasteiger partial charge is 0.265 e. The Morgan fingerprint density at radius 1 is 1.11 bits per heavy atom. The van der Waals surface area contributed by atoms with Gasteiger partial charge in [0.15, 0.2) is 0 Å². The van der Waals surface area contributed by atoms with E-state index in [2.05, 4.69) is 44.0 Å². The van der Waals surface area contributed by atoms with Gasteiger partial charge in [0.05, 0.1) is 0 Å². The van der Waals surface area contributed by atoms with Gasteiger partial charge in [0.2, 0.25) is 0 Å². The van der Waals surface area contributed by atoms with Crippen LogP contribution in [0.2, 0.25) is 0 Å². The van der Waals surface area contributed by atoms with Crippen molar-refractivity contribution in [2.24, 2.45) is 23.2 Å². The molecule has 2 aliphatic carbocycles. The Balaban J connectivity index is 0.000000574. The SMILES string of the molecule is CC.CC(C)(C)C1C2C=C(c3ccncc3)CC21. The summed E-state index contributed by atoms with van der Waals surface area (Å²) >= 11 is 0. The molecule has 1 nitrogen and oxygen atoms in total. The molecular formula is C17H25N. The first-order valence-corrected chi connectivity index (χ1v) is 7.18. The van der Waals surface area contributed by atoms with Gasteiger partial charge in [0.1, 0.15) is 0 Å². The highest BCUT2D eigenvalue weighted by Gasteiger charge is 2.56. The number of hydrogen-bond donors (Lipinski definition) is 0. The standard InChI is InChI=1S/C15H19N.C2H6/c1-15(2,3)14-12-8-11(9-13(12)14)10-4-6-16-7-5-10;1-2/h4-8,12-14H,9H2,1-3H3;1-2H3. The summed E-state index contributed by atoms with van der Waals surface area (Å²) in [7, 11) is 0. The van der Waals surface area contributed by atoms with E-state index in [1.807, 2.05) is 26.2 Å². The van der Waals surface area contributed by atoms with Crippen molar-refractivity contribution in [2.75, 3.05) is 0 Å². The minimum absolute atomic E-state index is 0.482. The van der Waals surface area contributed by atoms with E-state index < -0.39 is 0 Å². The summed E-state index contributed by atoms with van der Waals surface area (Å²) in [6.07, 6.45) is 7.56. The molecule has 0 saturated heterocycles. The Morgan fingerprint density at radius 2 is 1.72 bits per heavy atom. The van der Waals surface area contributed by atoms with Gasteiger partial charge < -0.3 is 0 Å².